The Hall–Kier alpha value is -2.65. The molecule has 1 aliphatic rings. The zero-order chi connectivity index (χ0) is 22.5. The van der Waals surface area contributed by atoms with Crippen LogP contribution in [-0.4, -0.2) is 39.0 Å². The summed E-state index contributed by atoms with van der Waals surface area (Å²) in [5, 5.41) is 12.7. The number of anilines is 1. The van der Waals surface area contributed by atoms with Gasteiger partial charge in [-0.2, -0.15) is 0 Å². The zero-order valence-electron chi connectivity index (χ0n) is 18.2. The second-order valence-electron chi connectivity index (χ2n) is 7.56. The lowest BCUT2D eigenvalue weighted by molar-refractivity contribution is -0.113. The van der Waals surface area contributed by atoms with Gasteiger partial charge < -0.3 is 14.6 Å². The largest absolute Gasteiger partial charge is 0.462 e. The number of rotatable bonds is 7. The maximum atomic E-state index is 12.8. The Morgan fingerprint density at radius 2 is 1.94 bits per heavy atom. The summed E-state index contributed by atoms with van der Waals surface area (Å²) in [6.45, 7) is 2.10. The first-order valence-electron chi connectivity index (χ1n) is 10.8. The molecule has 32 heavy (non-hydrogen) atoms. The average Bonchev–Trinajstić information content (AvgIpc) is 3.23. The normalized spacial score (nSPS) is 13.3. The van der Waals surface area contributed by atoms with Gasteiger partial charge in [0.2, 0.25) is 5.91 Å². The summed E-state index contributed by atoms with van der Waals surface area (Å²) in [7, 11) is 1.89. The molecule has 0 unspecified atom stereocenters. The van der Waals surface area contributed by atoms with Crippen LogP contribution >= 0.6 is 23.1 Å². The van der Waals surface area contributed by atoms with Gasteiger partial charge in [0.25, 0.3) is 0 Å². The fourth-order valence-corrected chi connectivity index (χ4v) is 5.83. The number of esters is 1. The van der Waals surface area contributed by atoms with E-state index in [1.807, 2.05) is 41.9 Å². The maximum Gasteiger partial charge on any atom is 0.341 e. The molecule has 1 amide bonds. The third-order valence-corrected chi connectivity index (χ3v) is 7.58. The number of carbonyl (C=O) groups excluding carboxylic acids is 2. The van der Waals surface area contributed by atoms with Crippen LogP contribution in [0.1, 0.15) is 47.0 Å². The molecule has 4 rings (SSSR count). The number of amides is 1. The number of thioether (sulfide) groups is 1. The van der Waals surface area contributed by atoms with Gasteiger partial charge in [0.1, 0.15) is 5.00 Å². The van der Waals surface area contributed by atoms with E-state index in [4.69, 9.17) is 4.74 Å². The maximum absolute atomic E-state index is 12.8. The molecule has 1 N–H and O–H groups in total. The first kappa shape index (κ1) is 22.5. The number of nitrogens with one attached hydrogen (secondary N) is 1. The number of thiophene rings is 1. The highest BCUT2D eigenvalue weighted by Gasteiger charge is 2.26. The Balaban J connectivity index is 1.47. The number of carbonyl (C=O) groups is 2. The Kier molecular flexibility index (Phi) is 7.26. The molecule has 168 valence electrons. The van der Waals surface area contributed by atoms with Gasteiger partial charge in [-0.05, 0) is 38.2 Å². The molecule has 2 heterocycles. The fourth-order valence-electron chi connectivity index (χ4n) is 3.82. The van der Waals surface area contributed by atoms with E-state index in [1.165, 1.54) is 28.0 Å². The van der Waals surface area contributed by atoms with E-state index in [-0.39, 0.29) is 17.6 Å². The molecule has 0 radical (unpaired) electrons. The van der Waals surface area contributed by atoms with E-state index >= 15 is 0 Å². The van der Waals surface area contributed by atoms with E-state index in [1.54, 1.807) is 6.92 Å². The first-order valence-corrected chi connectivity index (χ1v) is 12.6. The molecule has 1 aliphatic carbocycles. The van der Waals surface area contributed by atoms with Gasteiger partial charge in [-0.25, -0.2) is 4.79 Å². The highest BCUT2D eigenvalue weighted by Crippen LogP contribution is 2.38. The summed E-state index contributed by atoms with van der Waals surface area (Å²) >= 11 is 2.83. The lowest BCUT2D eigenvalue weighted by atomic mass is 10.1. The third kappa shape index (κ3) is 4.88. The third-order valence-electron chi connectivity index (χ3n) is 5.35. The molecule has 0 atom stereocenters. The molecule has 0 fully saturated rings. The van der Waals surface area contributed by atoms with Crippen molar-refractivity contribution in [3.05, 3.63) is 46.3 Å². The quantitative estimate of drug-likeness (QED) is 0.305. The molecule has 7 nitrogen and oxygen atoms in total. The Morgan fingerprint density at radius 3 is 2.72 bits per heavy atom. The van der Waals surface area contributed by atoms with E-state index in [0.29, 0.717) is 22.3 Å². The second-order valence-corrected chi connectivity index (χ2v) is 9.60. The summed E-state index contributed by atoms with van der Waals surface area (Å²) in [5.41, 5.74) is 2.56. The van der Waals surface area contributed by atoms with Crippen LogP contribution in [-0.2, 0) is 29.4 Å². The number of hydrogen-bond donors (Lipinski definition) is 1. The topological polar surface area (TPSA) is 86.1 Å². The van der Waals surface area contributed by atoms with Crippen LogP contribution in [0.15, 0.2) is 35.5 Å². The fraction of sp³-hybridized carbons (Fsp3) is 0.391. The SMILES string of the molecule is CCOC(=O)c1c(NC(=O)CSc2nnc(-c3ccccc3)n2C)sc2c1CCCCC2. The van der Waals surface area contributed by atoms with Crippen LogP contribution in [0.2, 0.25) is 0 Å². The van der Waals surface area contributed by atoms with Crippen LogP contribution in [0.4, 0.5) is 5.00 Å². The van der Waals surface area contributed by atoms with Crippen LogP contribution in [0.25, 0.3) is 11.4 Å². The van der Waals surface area contributed by atoms with Crippen LogP contribution in [0, 0.1) is 0 Å². The minimum Gasteiger partial charge on any atom is -0.462 e. The average molecular weight is 471 g/mol. The van der Waals surface area contributed by atoms with E-state index in [9.17, 15) is 9.59 Å². The van der Waals surface area contributed by atoms with Crippen molar-refractivity contribution in [3.63, 3.8) is 0 Å². The van der Waals surface area contributed by atoms with Crippen LogP contribution in [0.5, 0.6) is 0 Å². The smallest absolute Gasteiger partial charge is 0.341 e. The number of ether oxygens (including phenoxy) is 1. The van der Waals surface area contributed by atoms with Gasteiger partial charge in [-0.3, -0.25) is 4.79 Å². The Bertz CT molecular complexity index is 1110. The number of aromatic nitrogens is 3. The van der Waals surface area contributed by atoms with Crippen molar-refractivity contribution < 1.29 is 14.3 Å². The van der Waals surface area contributed by atoms with Gasteiger partial charge in [-0.15, -0.1) is 21.5 Å². The minimum absolute atomic E-state index is 0.172. The van der Waals surface area contributed by atoms with E-state index in [2.05, 4.69) is 15.5 Å². The van der Waals surface area contributed by atoms with Crippen molar-refractivity contribution in [3.8, 4) is 11.4 Å². The molecule has 0 saturated heterocycles. The van der Waals surface area contributed by atoms with Gasteiger partial charge in [-0.1, -0.05) is 48.5 Å². The van der Waals surface area contributed by atoms with Crippen molar-refractivity contribution in [2.45, 2.75) is 44.2 Å². The molecule has 0 aliphatic heterocycles. The van der Waals surface area contributed by atoms with Crippen molar-refractivity contribution >= 4 is 40.0 Å². The number of fused-ring (bicyclic) bond motifs is 1. The molecule has 2 aromatic heterocycles. The zero-order valence-corrected chi connectivity index (χ0v) is 19.9. The Morgan fingerprint density at radius 1 is 1.16 bits per heavy atom. The molecule has 0 spiro atoms. The van der Waals surface area contributed by atoms with Crippen molar-refractivity contribution in [1.29, 1.82) is 0 Å². The lowest BCUT2D eigenvalue weighted by Crippen LogP contribution is -2.17. The summed E-state index contributed by atoms with van der Waals surface area (Å²) in [6.07, 6.45) is 5.11. The van der Waals surface area contributed by atoms with Gasteiger partial charge in [0.15, 0.2) is 11.0 Å². The lowest BCUT2D eigenvalue weighted by Gasteiger charge is -2.08. The van der Waals surface area contributed by atoms with Crippen molar-refractivity contribution in [2.24, 2.45) is 7.05 Å². The number of benzene rings is 1. The van der Waals surface area contributed by atoms with Gasteiger partial charge in [0.05, 0.1) is 17.9 Å². The molecule has 3 aromatic rings. The van der Waals surface area contributed by atoms with Crippen molar-refractivity contribution in [2.75, 3.05) is 17.7 Å². The summed E-state index contributed by atoms with van der Waals surface area (Å²) in [4.78, 5) is 26.6. The summed E-state index contributed by atoms with van der Waals surface area (Å²) in [5.74, 6) is 0.392. The first-order chi connectivity index (χ1) is 15.6. The molecule has 9 heteroatoms. The summed E-state index contributed by atoms with van der Waals surface area (Å²) in [6, 6.07) is 9.81. The molecular formula is C23H26N4O3S2. The van der Waals surface area contributed by atoms with Crippen molar-refractivity contribution in [1.82, 2.24) is 14.8 Å². The summed E-state index contributed by atoms with van der Waals surface area (Å²) < 4.78 is 7.17. The molecule has 1 aromatic carbocycles. The minimum atomic E-state index is -0.351. The molecular weight excluding hydrogens is 444 g/mol. The second kappa shape index (κ2) is 10.3. The monoisotopic (exact) mass is 470 g/mol. The van der Waals surface area contributed by atoms with Gasteiger partial charge in [0, 0.05) is 17.5 Å². The van der Waals surface area contributed by atoms with E-state index < -0.39 is 0 Å². The number of nitrogens with zero attached hydrogens (tertiary/aromatic N) is 3. The predicted molar refractivity (Wildman–Crippen MR) is 127 cm³/mol. The molecule has 0 saturated carbocycles. The standard InChI is InChI=1S/C23H26N4O3S2/c1-3-30-22(29)19-16-12-8-5-9-13-17(16)32-21(19)24-18(28)14-31-23-26-25-20(27(23)2)15-10-6-4-7-11-15/h4,6-7,10-11H,3,5,8-9,12-14H2,1-2H3,(H,24,28). The Labute approximate surface area is 195 Å². The highest BCUT2D eigenvalue weighted by molar-refractivity contribution is 7.99. The van der Waals surface area contributed by atoms with Gasteiger partial charge >= 0.3 is 5.97 Å². The highest BCUT2D eigenvalue weighted by atomic mass is 32.2. The van der Waals surface area contributed by atoms with E-state index in [0.717, 1.165) is 49.1 Å². The van der Waals surface area contributed by atoms with Crippen LogP contribution in [0.3, 0.4) is 0 Å². The van der Waals surface area contributed by atoms with Crippen LogP contribution < -0.4 is 5.32 Å². The number of aryl methyl sites for hydroxylation is 1. The number of hydrogen-bond acceptors (Lipinski definition) is 7. The predicted octanol–water partition coefficient (Wildman–Crippen LogP) is 4.72. The molecule has 0 bridgehead atoms.